The summed E-state index contributed by atoms with van der Waals surface area (Å²) in [5, 5.41) is 3.60. The predicted octanol–water partition coefficient (Wildman–Crippen LogP) is 7.82. The lowest BCUT2D eigenvalue weighted by Crippen LogP contribution is -2.50. The van der Waals surface area contributed by atoms with E-state index in [1.807, 2.05) is 24.3 Å². The van der Waals surface area contributed by atoms with Crippen molar-refractivity contribution >= 4 is 5.78 Å². The molecule has 206 valence electrons. The number of nitrogens with one attached hydrogen (secondary N) is 1. The lowest BCUT2D eigenvalue weighted by atomic mass is 9.51. The first-order valence-corrected chi connectivity index (χ1v) is 15.2. The van der Waals surface area contributed by atoms with Gasteiger partial charge in [-0.15, -0.1) is 0 Å². The molecule has 0 radical (unpaired) electrons. The van der Waals surface area contributed by atoms with E-state index in [1.165, 1.54) is 30.4 Å². The molecule has 0 aromatic heterocycles. The Morgan fingerprint density at radius 3 is 2.63 bits per heavy atom. The lowest BCUT2D eigenvalue weighted by Gasteiger charge is -2.53. The van der Waals surface area contributed by atoms with Crippen LogP contribution >= 0.6 is 0 Å². The van der Waals surface area contributed by atoms with E-state index in [0.717, 1.165) is 56.5 Å². The van der Waals surface area contributed by atoms with Gasteiger partial charge in [0, 0.05) is 17.8 Å². The second-order valence-electron chi connectivity index (χ2n) is 12.4. The van der Waals surface area contributed by atoms with E-state index in [-0.39, 0.29) is 11.8 Å². The number of Topliss-reactive ketones (excluding diaryl/α,β-unsaturated/α-hetero) is 1. The number of unbranched alkanes of at least 4 members (excludes halogenated alkanes) is 3. The monoisotopic (exact) mass is 519 g/mol. The number of hydrogen-bond acceptors (Lipinski definition) is 3. The van der Waals surface area contributed by atoms with Crippen LogP contribution in [0.2, 0.25) is 0 Å². The Bertz CT molecular complexity index is 1070. The van der Waals surface area contributed by atoms with Gasteiger partial charge in [-0.2, -0.15) is 0 Å². The maximum absolute atomic E-state index is 16.1. The van der Waals surface area contributed by atoms with Crippen molar-refractivity contribution in [3.05, 3.63) is 65.2 Å². The number of fused-ring (bicyclic) bond motifs is 5. The fourth-order valence-corrected chi connectivity index (χ4v) is 7.94. The van der Waals surface area contributed by atoms with E-state index in [2.05, 4.69) is 43.4 Å². The van der Waals surface area contributed by atoms with E-state index in [4.69, 9.17) is 4.74 Å². The number of hydrogen-bond donors (Lipinski definition) is 1. The van der Waals surface area contributed by atoms with Crippen molar-refractivity contribution in [2.24, 2.45) is 23.2 Å². The van der Waals surface area contributed by atoms with Crippen LogP contribution in [-0.4, -0.2) is 25.0 Å². The molecule has 0 spiro atoms. The Balaban J connectivity index is 1.32. The second kappa shape index (κ2) is 12.3. The normalized spacial score (nSPS) is 30.0. The molecule has 6 atom stereocenters. The standard InChI is InChI=1S/C34H46FNO2/c1-3-4-9-18-36-19-10-8-13-25-20-26-21-27(38-23-24-11-6-5-7-12-24)14-15-28(26)33-30(35)22-34(2)29(32(25)33)16-17-31(34)37/h5-7,11-12,14-15,21,25,29-30,32-33,36H,3-4,8-10,13,16-20,22-23H2,1-2H3/t25?,29-,30?,32-,33-,34-/m0/s1. The van der Waals surface area contributed by atoms with Crippen LogP contribution in [0.5, 0.6) is 5.75 Å². The van der Waals surface area contributed by atoms with Gasteiger partial charge in [0.15, 0.2) is 0 Å². The Hall–Kier alpha value is -2.20. The van der Waals surface area contributed by atoms with Crippen molar-refractivity contribution in [3.63, 3.8) is 0 Å². The average molecular weight is 520 g/mol. The number of ether oxygens (including phenoxy) is 1. The van der Waals surface area contributed by atoms with E-state index in [0.29, 0.717) is 37.1 Å². The topological polar surface area (TPSA) is 38.3 Å². The average Bonchev–Trinajstić information content (AvgIpc) is 3.22. The van der Waals surface area contributed by atoms with Crippen molar-refractivity contribution in [2.45, 2.75) is 96.8 Å². The molecule has 3 aliphatic carbocycles. The molecule has 38 heavy (non-hydrogen) atoms. The summed E-state index contributed by atoms with van der Waals surface area (Å²) in [6.07, 6.45) is 9.19. The summed E-state index contributed by atoms with van der Waals surface area (Å²) in [5.41, 5.74) is 3.10. The SMILES string of the molecule is CCCCCNCCCCC1Cc2cc(OCc3ccccc3)ccc2[C@H]2C(F)C[C@]3(C)C(=O)CC[C@H]3[C@H]12. The highest BCUT2D eigenvalue weighted by molar-refractivity contribution is 5.87. The van der Waals surface area contributed by atoms with Gasteiger partial charge in [-0.05, 0) is 98.2 Å². The molecule has 4 heteroatoms. The summed E-state index contributed by atoms with van der Waals surface area (Å²) in [7, 11) is 0. The Kier molecular flexibility index (Phi) is 8.88. The summed E-state index contributed by atoms with van der Waals surface area (Å²) < 4.78 is 22.3. The number of alkyl halides is 1. The smallest absolute Gasteiger partial charge is 0.139 e. The Morgan fingerprint density at radius 2 is 1.84 bits per heavy atom. The first-order valence-electron chi connectivity index (χ1n) is 15.2. The Morgan fingerprint density at radius 1 is 1.05 bits per heavy atom. The molecule has 2 unspecified atom stereocenters. The quantitative estimate of drug-likeness (QED) is 0.291. The molecule has 2 aromatic rings. The van der Waals surface area contributed by atoms with Crippen molar-refractivity contribution in [1.29, 1.82) is 0 Å². The largest absolute Gasteiger partial charge is 0.489 e. The molecular weight excluding hydrogens is 473 g/mol. The van der Waals surface area contributed by atoms with Crippen molar-refractivity contribution in [3.8, 4) is 5.75 Å². The van der Waals surface area contributed by atoms with Crippen LogP contribution < -0.4 is 10.1 Å². The zero-order chi connectivity index (χ0) is 26.5. The number of carbonyl (C=O) groups excluding carboxylic acids is 1. The third kappa shape index (κ3) is 5.71. The maximum atomic E-state index is 16.1. The number of carbonyl (C=O) groups is 1. The highest BCUT2D eigenvalue weighted by Gasteiger charge is 2.60. The number of rotatable bonds is 12. The number of halogens is 1. The molecule has 0 amide bonds. The van der Waals surface area contributed by atoms with Crippen molar-refractivity contribution in [2.75, 3.05) is 13.1 Å². The molecule has 0 saturated heterocycles. The van der Waals surface area contributed by atoms with Gasteiger partial charge in [0.25, 0.3) is 0 Å². The van der Waals surface area contributed by atoms with E-state index in [1.54, 1.807) is 0 Å². The van der Waals surface area contributed by atoms with E-state index in [9.17, 15) is 4.79 Å². The van der Waals surface area contributed by atoms with Gasteiger partial charge in [-0.1, -0.05) is 69.5 Å². The number of ketones is 1. The Labute approximate surface area is 228 Å². The van der Waals surface area contributed by atoms with Crippen LogP contribution in [0.25, 0.3) is 0 Å². The minimum absolute atomic E-state index is 0.0944. The molecule has 2 saturated carbocycles. The molecule has 0 aliphatic heterocycles. The molecule has 2 aromatic carbocycles. The number of benzene rings is 2. The highest BCUT2D eigenvalue weighted by Crippen LogP contribution is 2.62. The molecule has 0 heterocycles. The first-order chi connectivity index (χ1) is 18.5. The second-order valence-corrected chi connectivity index (χ2v) is 12.4. The van der Waals surface area contributed by atoms with Crippen LogP contribution in [0.3, 0.4) is 0 Å². The third-order valence-corrected chi connectivity index (χ3v) is 9.91. The molecule has 0 bridgehead atoms. The molecule has 3 aliphatic rings. The summed E-state index contributed by atoms with van der Waals surface area (Å²) in [6.45, 7) is 7.01. The fraction of sp³-hybridized carbons (Fsp3) is 0.618. The van der Waals surface area contributed by atoms with Crippen LogP contribution in [0.1, 0.15) is 94.2 Å². The molecule has 2 fully saturated rings. The zero-order valence-electron chi connectivity index (χ0n) is 23.4. The van der Waals surface area contributed by atoms with Gasteiger partial charge in [0.1, 0.15) is 24.3 Å². The molecular formula is C34H46FNO2. The van der Waals surface area contributed by atoms with Crippen molar-refractivity contribution < 1.29 is 13.9 Å². The summed E-state index contributed by atoms with van der Waals surface area (Å²) in [4.78, 5) is 13.0. The molecule has 1 N–H and O–H groups in total. The predicted molar refractivity (Wildman–Crippen MR) is 152 cm³/mol. The third-order valence-electron chi connectivity index (χ3n) is 9.91. The van der Waals surface area contributed by atoms with Gasteiger partial charge in [-0.3, -0.25) is 4.79 Å². The zero-order valence-corrected chi connectivity index (χ0v) is 23.4. The minimum Gasteiger partial charge on any atom is -0.489 e. The fourth-order valence-electron chi connectivity index (χ4n) is 7.94. The maximum Gasteiger partial charge on any atom is 0.139 e. The van der Waals surface area contributed by atoms with Gasteiger partial charge >= 0.3 is 0 Å². The van der Waals surface area contributed by atoms with Crippen LogP contribution in [0, 0.1) is 23.2 Å². The van der Waals surface area contributed by atoms with Gasteiger partial charge in [0.05, 0.1) is 0 Å². The van der Waals surface area contributed by atoms with Gasteiger partial charge in [-0.25, -0.2) is 4.39 Å². The van der Waals surface area contributed by atoms with Crippen LogP contribution in [0.15, 0.2) is 48.5 Å². The van der Waals surface area contributed by atoms with Crippen molar-refractivity contribution in [1.82, 2.24) is 5.32 Å². The van der Waals surface area contributed by atoms with Gasteiger partial charge in [0.2, 0.25) is 0 Å². The van der Waals surface area contributed by atoms with E-state index >= 15 is 4.39 Å². The van der Waals surface area contributed by atoms with Gasteiger partial charge < -0.3 is 10.1 Å². The summed E-state index contributed by atoms with van der Waals surface area (Å²) in [5.74, 6) is 2.07. The van der Waals surface area contributed by atoms with E-state index < -0.39 is 11.6 Å². The molecule has 3 nitrogen and oxygen atoms in total. The lowest BCUT2D eigenvalue weighted by molar-refractivity contribution is -0.132. The summed E-state index contributed by atoms with van der Waals surface area (Å²) >= 11 is 0. The van der Waals surface area contributed by atoms with Crippen LogP contribution in [-0.2, 0) is 17.8 Å². The highest BCUT2D eigenvalue weighted by atomic mass is 19.1. The summed E-state index contributed by atoms with van der Waals surface area (Å²) in [6, 6.07) is 16.6. The molecule has 5 rings (SSSR count). The van der Waals surface area contributed by atoms with Crippen LogP contribution in [0.4, 0.5) is 4.39 Å². The minimum atomic E-state index is -0.957. The first kappa shape index (κ1) is 27.4.